The molecule has 0 aromatic heterocycles. The van der Waals surface area contributed by atoms with E-state index in [9.17, 15) is 0 Å². The first kappa shape index (κ1) is 12.0. The lowest BCUT2D eigenvalue weighted by atomic mass is 9.91. The minimum Gasteiger partial charge on any atom is -0.324 e. The van der Waals surface area contributed by atoms with Crippen molar-refractivity contribution < 1.29 is 0 Å². The Labute approximate surface area is 88.8 Å². The molecule has 2 heteroatoms. The normalized spacial score (nSPS) is 34.1. The molecule has 1 heterocycles. The molecule has 2 N–H and O–H groups in total. The summed E-state index contributed by atoms with van der Waals surface area (Å²) in [7, 11) is 0. The van der Waals surface area contributed by atoms with Crippen LogP contribution in [0.3, 0.4) is 0 Å². The molecule has 0 aromatic carbocycles. The topological polar surface area (TPSA) is 29.3 Å². The Kier molecular flexibility index (Phi) is 3.96. The van der Waals surface area contributed by atoms with Gasteiger partial charge in [0.1, 0.15) is 0 Å². The van der Waals surface area contributed by atoms with E-state index in [0.29, 0.717) is 0 Å². The van der Waals surface area contributed by atoms with Crippen LogP contribution < -0.4 is 5.73 Å². The Morgan fingerprint density at radius 2 is 2.00 bits per heavy atom. The van der Waals surface area contributed by atoms with Crippen LogP contribution in [0.2, 0.25) is 0 Å². The zero-order valence-corrected chi connectivity index (χ0v) is 10.2. The van der Waals surface area contributed by atoms with Crippen LogP contribution in [-0.4, -0.2) is 29.6 Å². The fourth-order valence-electron chi connectivity index (χ4n) is 2.18. The highest BCUT2D eigenvalue weighted by Crippen LogP contribution is 2.23. The minimum atomic E-state index is -0.00861. The van der Waals surface area contributed by atoms with Crippen molar-refractivity contribution in [3.63, 3.8) is 0 Å². The first-order valence-corrected chi connectivity index (χ1v) is 5.97. The van der Waals surface area contributed by atoms with Crippen LogP contribution in [0.5, 0.6) is 0 Å². The molecular formula is C12H26N2. The van der Waals surface area contributed by atoms with Crippen molar-refractivity contribution in [1.29, 1.82) is 0 Å². The van der Waals surface area contributed by atoms with Gasteiger partial charge in [-0.2, -0.15) is 0 Å². The van der Waals surface area contributed by atoms with Crippen LogP contribution in [-0.2, 0) is 0 Å². The third kappa shape index (κ3) is 3.25. The molecule has 1 aliphatic heterocycles. The van der Waals surface area contributed by atoms with Crippen molar-refractivity contribution in [2.75, 3.05) is 13.1 Å². The van der Waals surface area contributed by atoms with Gasteiger partial charge in [-0.05, 0) is 39.0 Å². The molecule has 84 valence electrons. The summed E-state index contributed by atoms with van der Waals surface area (Å²) < 4.78 is 0. The fraction of sp³-hybridized carbons (Fsp3) is 1.00. The van der Waals surface area contributed by atoms with E-state index in [2.05, 4.69) is 32.6 Å². The van der Waals surface area contributed by atoms with E-state index in [1.807, 2.05) is 0 Å². The predicted octanol–water partition coefficient (Wildman–Crippen LogP) is 2.23. The Bertz CT molecular complexity index is 177. The lowest BCUT2D eigenvalue weighted by Crippen LogP contribution is -2.52. The van der Waals surface area contributed by atoms with Gasteiger partial charge in [0.15, 0.2) is 0 Å². The van der Waals surface area contributed by atoms with Crippen molar-refractivity contribution in [2.45, 2.75) is 58.5 Å². The Hall–Kier alpha value is -0.0800. The SMILES string of the molecule is CCC(C)(N)CN1CC(C)CCC1C. The Morgan fingerprint density at radius 3 is 2.57 bits per heavy atom. The van der Waals surface area contributed by atoms with E-state index in [0.717, 1.165) is 24.9 Å². The van der Waals surface area contributed by atoms with Gasteiger partial charge >= 0.3 is 0 Å². The molecule has 1 rings (SSSR count). The van der Waals surface area contributed by atoms with Gasteiger partial charge < -0.3 is 5.73 Å². The summed E-state index contributed by atoms with van der Waals surface area (Å²) in [4.78, 5) is 2.57. The number of nitrogens with zero attached hydrogens (tertiary/aromatic N) is 1. The highest BCUT2D eigenvalue weighted by atomic mass is 15.2. The molecule has 3 atom stereocenters. The Balaban J connectivity index is 2.49. The van der Waals surface area contributed by atoms with Gasteiger partial charge in [-0.15, -0.1) is 0 Å². The number of hydrogen-bond acceptors (Lipinski definition) is 2. The van der Waals surface area contributed by atoms with Gasteiger partial charge in [0.2, 0.25) is 0 Å². The largest absolute Gasteiger partial charge is 0.324 e. The third-order valence-electron chi connectivity index (χ3n) is 3.62. The average molecular weight is 198 g/mol. The molecule has 0 aromatic rings. The van der Waals surface area contributed by atoms with Gasteiger partial charge in [0.05, 0.1) is 0 Å². The van der Waals surface area contributed by atoms with E-state index >= 15 is 0 Å². The van der Waals surface area contributed by atoms with Gasteiger partial charge in [0, 0.05) is 24.7 Å². The van der Waals surface area contributed by atoms with Gasteiger partial charge in [-0.25, -0.2) is 0 Å². The fourth-order valence-corrected chi connectivity index (χ4v) is 2.18. The molecule has 0 radical (unpaired) electrons. The van der Waals surface area contributed by atoms with Gasteiger partial charge in [0.25, 0.3) is 0 Å². The van der Waals surface area contributed by atoms with Crippen molar-refractivity contribution >= 4 is 0 Å². The van der Waals surface area contributed by atoms with E-state index in [1.165, 1.54) is 19.4 Å². The number of likely N-dealkylation sites (tertiary alicyclic amines) is 1. The first-order chi connectivity index (χ1) is 6.44. The molecule has 0 amide bonds. The third-order valence-corrected chi connectivity index (χ3v) is 3.62. The molecule has 14 heavy (non-hydrogen) atoms. The maximum atomic E-state index is 6.21. The van der Waals surface area contributed by atoms with Crippen LogP contribution in [0.4, 0.5) is 0 Å². The molecule has 0 spiro atoms. The molecule has 1 fully saturated rings. The summed E-state index contributed by atoms with van der Waals surface area (Å²) in [6, 6.07) is 0.723. The van der Waals surface area contributed by atoms with Crippen molar-refractivity contribution in [2.24, 2.45) is 11.7 Å². The quantitative estimate of drug-likeness (QED) is 0.753. The van der Waals surface area contributed by atoms with E-state index < -0.39 is 0 Å². The van der Waals surface area contributed by atoms with E-state index in [-0.39, 0.29) is 5.54 Å². The number of piperidine rings is 1. The van der Waals surface area contributed by atoms with Crippen LogP contribution in [0.1, 0.15) is 47.0 Å². The van der Waals surface area contributed by atoms with Crippen molar-refractivity contribution in [3.05, 3.63) is 0 Å². The zero-order valence-electron chi connectivity index (χ0n) is 10.2. The van der Waals surface area contributed by atoms with Crippen molar-refractivity contribution in [1.82, 2.24) is 4.90 Å². The van der Waals surface area contributed by atoms with Crippen molar-refractivity contribution in [3.8, 4) is 0 Å². The minimum absolute atomic E-state index is 0.00861. The average Bonchev–Trinajstić information content (AvgIpc) is 2.11. The Morgan fingerprint density at radius 1 is 1.36 bits per heavy atom. The van der Waals surface area contributed by atoms with Crippen LogP contribution in [0.25, 0.3) is 0 Å². The summed E-state index contributed by atoms with van der Waals surface area (Å²) in [5.41, 5.74) is 6.20. The summed E-state index contributed by atoms with van der Waals surface area (Å²) >= 11 is 0. The maximum absolute atomic E-state index is 6.21. The second kappa shape index (κ2) is 4.63. The van der Waals surface area contributed by atoms with Gasteiger partial charge in [-0.1, -0.05) is 13.8 Å². The second-order valence-corrected chi connectivity index (χ2v) is 5.47. The molecule has 1 saturated heterocycles. The molecule has 0 saturated carbocycles. The van der Waals surface area contributed by atoms with Crippen LogP contribution >= 0.6 is 0 Å². The maximum Gasteiger partial charge on any atom is 0.0252 e. The number of hydrogen-bond donors (Lipinski definition) is 1. The zero-order chi connectivity index (χ0) is 10.8. The second-order valence-electron chi connectivity index (χ2n) is 5.47. The molecule has 1 aliphatic rings. The summed E-state index contributed by atoms with van der Waals surface area (Å²) in [6.45, 7) is 11.3. The lowest BCUT2D eigenvalue weighted by molar-refractivity contribution is 0.0984. The highest BCUT2D eigenvalue weighted by Gasteiger charge is 2.27. The van der Waals surface area contributed by atoms with E-state index in [4.69, 9.17) is 5.73 Å². The van der Waals surface area contributed by atoms with Gasteiger partial charge in [-0.3, -0.25) is 4.90 Å². The standard InChI is InChI=1S/C12H26N2/c1-5-12(4,13)9-14-8-10(2)6-7-11(14)3/h10-11H,5-9,13H2,1-4H3. The molecular weight excluding hydrogens is 172 g/mol. The summed E-state index contributed by atoms with van der Waals surface area (Å²) in [5, 5.41) is 0. The number of rotatable bonds is 3. The summed E-state index contributed by atoms with van der Waals surface area (Å²) in [5.74, 6) is 0.846. The number of nitrogens with two attached hydrogens (primary N) is 1. The van der Waals surface area contributed by atoms with Crippen LogP contribution in [0.15, 0.2) is 0 Å². The summed E-state index contributed by atoms with van der Waals surface area (Å²) in [6.07, 6.45) is 3.77. The smallest absolute Gasteiger partial charge is 0.0252 e. The monoisotopic (exact) mass is 198 g/mol. The molecule has 0 aliphatic carbocycles. The molecule has 0 bridgehead atoms. The predicted molar refractivity (Wildman–Crippen MR) is 62.3 cm³/mol. The van der Waals surface area contributed by atoms with E-state index in [1.54, 1.807) is 0 Å². The molecule has 2 nitrogen and oxygen atoms in total. The molecule has 3 unspecified atom stereocenters. The highest BCUT2D eigenvalue weighted by molar-refractivity contribution is 4.86. The lowest BCUT2D eigenvalue weighted by Gasteiger charge is -2.41. The first-order valence-electron chi connectivity index (χ1n) is 5.97. The van der Waals surface area contributed by atoms with Crippen LogP contribution in [0, 0.1) is 5.92 Å².